The minimum absolute atomic E-state index is 0.124. The van der Waals surface area contributed by atoms with Gasteiger partial charge in [-0.15, -0.1) is 5.10 Å². The maximum Gasteiger partial charge on any atom is 0.435 e. The van der Waals surface area contributed by atoms with E-state index < -0.39 is 41.7 Å². The van der Waals surface area contributed by atoms with Crippen LogP contribution in [0.15, 0.2) is 54.6 Å². The standard InChI is InChI=1S/C21H19F4N5O2/c1-2-29(13-14-6-4-3-5-7-14)17(31)12-26-20(32)18-19(21(23,24)25)30(28-27-18)16-10-8-15(22)9-11-16/h3-11H,2,12-13H2,1H3,(H,26,32). The molecule has 1 N–H and O–H groups in total. The SMILES string of the molecule is CCN(Cc1ccccc1)C(=O)CNC(=O)c1nnn(-c2ccc(F)cc2)c1C(F)(F)F. The molecule has 2 aromatic carbocycles. The Labute approximate surface area is 180 Å². The summed E-state index contributed by atoms with van der Waals surface area (Å²) < 4.78 is 54.5. The number of amides is 2. The maximum absolute atomic E-state index is 13.7. The summed E-state index contributed by atoms with van der Waals surface area (Å²) in [4.78, 5) is 26.3. The normalized spacial score (nSPS) is 11.3. The molecule has 0 radical (unpaired) electrons. The Balaban J connectivity index is 1.76. The fraction of sp³-hybridized carbons (Fsp3) is 0.238. The third-order valence-corrected chi connectivity index (χ3v) is 4.58. The van der Waals surface area contributed by atoms with Crippen molar-refractivity contribution in [2.45, 2.75) is 19.6 Å². The summed E-state index contributed by atoms with van der Waals surface area (Å²) >= 11 is 0. The van der Waals surface area contributed by atoms with Crippen LogP contribution in [0.4, 0.5) is 17.6 Å². The summed E-state index contributed by atoms with van der Waals surface area (Å²) in [7, 11) is 0. The first-order valence-electron chi connectivity index (χ1n) is 9.59. The highest BCUT2D eigenvalue weighted by Crippen LogP contribution is 2.32. The number of halogens is 4. The van der Waals surface area contributed by atoms with Gasteiger partial charge in [0.1, 0.15) is 5.82 Å². The lowest BCUT2D eigenvalue weighted by Crippen LogP contribution is -2.40. The van der Waals surface area contributed by atoms with Crippen LogP contribution in [0.5, 0.6) is 0 Å². The van der Waals surface area contributed by atoms with Crippen molar-refractivity contribution in [3.05, 3.63) is 77.4 Å². The minimum Gasteiger partial charge on any atom is -0.342 e. The van der Waals surface area contributed by atoms with Crippen LogP contribution in [0.1, 0.15) is 28.7 Å². The molecule has 0 unspecified atom stereocenters. The zero-order valence-corrected chi connectivity index (χ0v) is 16.9. The number of hydrogen-bond acceptors (Lipinski definition) is 4. The summed E-state index contributed by atoms with van der Waals surface area (Å²) in [6.45, 7) is 1.87. The topological polar surface area (TPSA) is 80.1 Å². The number of hydrogen-bond donors (Lipinski definition) is 1. The van der Waals surface area contributed by atoms with Crippen molar-refractivity contribution in [3.8, 4) is 5.69 Å². The maximum atomic E-state index is 13.7. The highest BCUT2D eigenvalue weighted by atomic mass is 19.4. The summed E-state index contributed by atoms with van der Waals surface area (Å²) in [6.07, 6.45) is -4.97. The molecular weight excluding hydrogens is 430 g/mol. The van der Waals surface area contributed by atoms with Gasteiger partial charge >= 0.3 is 6.18 Å². The van der Waals surface area contributed by atoms with Gasteiger partial charge < -0.3 is 10.2 Å². The van der Waals surface area contributed by atoms with Crippen molar-refractivity contribution in [2.75, 3.05) is 13.1 Å². The van der Waals surface area contributed by atoms with Crippen LogP contribution in [-0.2, 0) is 17.5 Å². The molecule has 0 aliphatic heterocycles. The Bertz CT molecular complexity index is 1080. The fourth-order valence-corrected chi connectivity index (χ4v) is 2.98. The summed E-state index contributed by atoms with van der Waals surface area (Å²) in [5.41, 5.74) is -1.66. The zero-order valence-electron chi connectivity index (χ0n) is 16.9. The molecule has 0 atom stereocenters. The number of rotatable bonds is 7. The molecule has 1 heterocycles. The number of nitrogens with one attached hydrogen (secondary N) is 1. The molecule has 168 valence electrons. The third-order valence-electron chi connectivity index (χ3n) is 4.58. The van der Waals surface area contributed by atoms with E-state index in [9.17, 15) is 27.2 Å². The number of alkyl halides is 3. The van der Waals surface area contributed by atoms with Crippen LogP contribution in [0, 0.1) is 5.82 Å². The second-order valence-corrected chi connectivity index (χ2v) is 6.75. The number of nitrogens with zero attached hydrogens (tertiary/aromatic N) is 4. The second-order valence-electron chi connectivity index (χ2n) is 6.75. The van der Waals surface area contributed by atoms with Crippen molar-refractivity contribution < 1.29 is 27.2 Å². The average molecular weight is 449 g/mol. The van der Waals surface area contributed by atoms with E-state index in [1.54, 1.807) is 6.92 Å². The lowest BCUT2D eigenvalue weighted by molar-refractivity contribution is -0.143. The molecule has 0 saturated heterocycles. The predicted molar refractivity (Wildman–Crippen MR) is 106 cm³/mol. The van der Waals surface area contributed by atoms with Gasteiger partial charge in [-0.3, -0.25) is 9.59 Å². The molecule has 0 saturated carbocycles. The molecule has 7 nitrogen and oxygen atoms in total. The number of carbonyl (C=O) groups is 2. The molecule has 0 aliphatic rings. The van der Waals surface area contributed by atoms with Crippen LogP contribution >= 0.6 is 0 Å². The van der Waals surface area contributed by atoms with Crippen molar-refractivity contribution in [3.63, 3.8) is 0 Å². The van der Waals surface area contributed by atoms with E-state index in [-0.39, 0.29) is 5.69 Å². The van der Waals surface area contributed by atoms with Gasteiger partial charge in [0.2, 0.25) is 5.91 Å². The third kappa shape index (κ3) is 5.29. The van der Waals surface area contributed by atoms with E-state index in [0.29, 0.717) is 17.8 Å². The Morgan fingerprint density at radius 1 is 1.06 bits per heavy atom. The molecule has 0 bridgehead atoms. The van der Waals surface area contributed by atoms with Crippen LogP contribution in [0.25, 0.3) is 5.69 Å². The van der Waals surface area contributed by atoms with E-state index in [1.807, 2.05) is 30.3 Å². The Morgan fingerprint density at radius 3 is 2.31 bits per heavy atom. The van der Waals surface area contributed by atoms with Gasteiger partial charge in [0, 0.05) is 13.1 Å². The molecule has 11 heteroatoms. The van der Waals surface area contributed by atoms with Crippen LogP contribution < -0.4 is 5.32 Å². The van der Waals surface area contributed by atoms with Crippen LogP contribution in [0.3, 0.4) is 0 Å². The van der Waals surface area contributed by atoms with Crippen LogP contribution in [-0.4, -0.2) is 44.8 Å². The lowest BCUT2D eigenvalue weighted by Gasteiger charge is -2.21. The Morgan fingerprint density at radius 2 is 1.72 bits per heavy atom. The molecule has 0 aliphatic carbocycles. The van der Waals surface area contributed by atoms with Gasteiger partial charge in [-0.2, -0.15) is 13.2 Å². The highest BCUT2D eigenvalue weighted by molar-refractivity contribution is 5.96. The lowest BCUT2D eigenvalue weighted by atomic mass is 10.2. The number of likely N-dealkylation sites (N-methyl/N-ethyl adjacent to an activating group) is 1. The van der Waals surface area contributed by atoms with Crippen molar-refractivity contribution in [2.24, 2.45) is 0 Å². The smallest absolute Gasteiger partial charge is 0.342 e. The molecule has 3 rings (SSSR count). The molecule has 2 amide bonds. The second kappa shape index (κ2) is 9.58. The fourth-order valence-electron chi connectivity index (χ4n) is 2.98. The molecular formula is C21H19F4N5O2. The number of aromatic nitrogens is 3. The first-order chi connectivity index (χ1) is 15.2. The highest BCUT2D eigenvalue weighted by Gasteiger charge is 2.42. The van der Waals surface area contributed by atoms with E-state index in [1.165, 1.54) is 4.90 Å². The first-order valence-corrected chi connectivity index (χ1v) is 9.59. The quantitative estimate of drug-likeness (QED) is 0.562. The molecule has 0 spiro atoms. The van der Waals surface area contributed by atoms with E-state index in [0.717, 1.165) is 29.8 Å². The van der Waals surface area contributed by atoms with Gasteiger partial charge in [-0.05, 0) is 36.8 Å². The molecule has 3 aromatic rings. The predicted octanol–water partition coefficient (Wildman–Crippen LogP) is 3.20. The molecule has 1 aromatic heterocycles. The molecule has 32 heavy (non-hydrogen) atoms. The largest absolute Gasteiger partial charge is 0.435 e. The average Bonchev–Trinajstić information content (AvgIpc) is 3.23. The van der Waals surface area contributed by atoms with E-state index in [4.69, 9.17) is 0 Å². The van der Waals surface area contributed by atoms with Gasteiger partial charge in [0.05, 0.1) is 12.2 Å². The van der Waals surface area contributed by atoms with Crippen molar-refractivity contribution >= 4 is 11.8 Å². The van der Waals surface area contributed by atoms with Gasteiger partial charge in [0.25, 0.3) is 5.91 Å². The molecule has 0 fully saturated rings. The van der Waals surface area contributed by atoms with Crippen LogP contribution in [0.2, 0.25) is 0 Å². The minimum atomic E-state index is -4.97. The summed E-state index contributed by atoms with van der Waals surface area (Å²) in [6, 6.07) is 13.2. The number of carbonyl (C=O) groups excluding carboxylic acids is 2. The zero-order chi connectivity index (χ0) is 23.3. The van der Waals surface area contributed by atoms with Gasteiger partial charge in [0.15, 0.2) is 11.4 Å². The first kappa shape index (κ1) is 22.9. The van der Waals surface area contributed by atoms with E-state index >= 15 is 0 Å². The van der Waals surface area contributed by atoms with Gasteiger partial charge in [-0.1, -0.05) is 35.5 Å². The monoisotopic (exact) mass is 449 g/mol. The van der Waals surface area contributed by atoms with Gasteiger partial charge in [-0.25, -0.2) is 9.07 Å². The van der Waals surface area contributed by atoms with Crippen molar-refractivity contribution in [1.82, 2.24) is 25.2 Å². The Hall–Kier alpha value is -3.76. The van der Waals surface area contributed by atoms with E-state index in [2.05, 4.69) is 15.6 Å². The summed E-state index contributed by atoms with van der Waals surface area (Å²) in [5.74, 6) is -2.31. The summed E-state index contributed by atoms with van der Waals surface area (Å²) in [5, 5.41) is 8.94. The Kier molecular flexibility index (Phi) is 6.86. The number of benzene rings is 2. The van der Waals surface area contributed by atoms with Crippen molar-refractivity contribution in [1.29, 1.82) is 0 Å².